The van der Waals surface area contributed by atoms with Crippen LogP contribution in [0, 0.1) is 11.7 Å². The number of likely N-dealkylation sites (tertiary alicyclic amines) is 1. The number of phenolic OH excluding ortho intramolecular Hbond substituents is 2. The molecule has 1 saturated heterocycles. The maximum atomic E-state index is 14.1. The molecule has 35 heavy (non-hydrogen) atoms. The highest BCUT2D eigenvalue weighted by atomic mass is 19.1. The lowest BCUT2D eigenvalue weighted by atomic mass is 9.86. The molecule has 0 radical (unpaired) electrons. The van der Waals surface area contributed by atoms with E-state index >= 15 is 0 Å². The second-order valence-electron chi connectivity index (χ2n) is 9.34. The number of hydrogen-bond donors (Lipinski definition) is 2. The summed E-state index contributed by atoms with van der Waals surface area (Å²) in [5.74, 6) is 0.966. The molecule has 3 aromatic rings. The normalized spacial score (nSPS) is 18.1. The van der Waals surface area contributed by atoms with Gasteiger partial charge in [0.25, 0.3) is 0 Å². The Kier molecular flexibility index (Phi) is 6.39. The van der Waals surface area contributed by atoms with Crippen LogP contribution in [0.1, 0.15) is 43.1 Å². The second kappa shape index (κ2) is 9.62. The molecule has 1 atom stereocenters. The van der Waals surface area contributed by atoms with Crippen molar-refractivity contribution in [1.82, 2.24) is 4.90 Å². The Hall–Kier alpha value is -3.51. The molecule has 2 heterocycles. The van der Waals surface area contributed by atoms with E-state index in [1.165, 1.54) is 18.6 Å². The van der Waals surface area contributed by atoms with E-state index in [0.29, 0.717) is 17.9 Å². The Morgan fingerprint density at radius 1 is 1.06 bits per heavy atom. The molecule has 6 heteroatoms. The van der Waals surface area contributed by atoms with Gasteiger partial charge in [-0.2, -0.15) is 0 Å². The Labute approximate surface area is 205 Å². The third-order valence-corrected chi connectivity index (χ3v) is 6.99. The van der Waals surface area contributed by atoms with Crippen LogP contribution < -0.4 is 9.47 Å². The van der Waals surface area contributed by atoms with E-state index in [-0.39, 0.29) is 5.75 Å². The maximum absolute atomic E-state index is 14.1. The molecule has 182 valence electrons. The average Bonchev–Trinajstić information content (AvgIpc) is 2.82. The van der Waals surface area contributed by atoms with Gasteiger partial charge in [0.05, 0.1) is 0 Å². The minimum Gasteiger partial charge on any atom is -0.508 e. The topological polar surface area (TPSA) is 62.2 Å². The summed E-state index contributed by atoms with van der Waals surface area (Å²) in [5, 5.41) is 20.0. The van der Waals surface area contributed by atoms with Gasteiger partial charge in [0.1, 0.15) is 30.0 Å². The monoisotopic (exact) mass is 475 g/mol. The molecule has 3 aromatic carbocycles. The Balaban J connectivity index is 1.40. The first-order chi connectivity index (χ1) is 16.9. The minimum atomic E-state index is -0.729. The minimum absolute atomic E-state index is 0.144. The van der Waals surface area contributed by atoms with Gasteiger partial charge < -0.3 is 19.7 Å². The van der Waals surface area contributed by atoms with Crippen molar-refractivity contribution in [3.8, 4) is 23.0 Å². The molecule has 0 amide bonds. The van der Waals surface area contributed by atoms with Gasteiger partial charge in [0.2, 0.25) is 0 Å². The first-order valence-corrected chi connectivity index (χ1v) is 12.1. The van der Waals surface area contributed by atoms with Gasteiger partial charge >= 0.3 is 0 Å². The van der Waals surface area contributed by atoms with Crippen molar-refractivity contribution in [2.24, 2.45) is 5.92 Å². The summed E-state index contributed by atoms with van der Waals surface area (Å²) in [6.07, 6.45) is 0.716. The molecule has 0 aliphatic carbocycles. The molecular formula is C29H30FNO4. The smallest absolute Gasteiger partial charge is 0.168 e. The highest BCUT2D eigenvalue weighted by Crippen LogP contribution is 2.48. The molecule has 5 rings (SSSR count). The SMILES string of the molecule is CCC1CN(CCOc2ccc([C@@H]3Oc4cc(F)c(O)cc4C(C)=C3c3cccc(O)c3)cc2)C1. The van der Waals surface area contributed by atoms with Gasteiger partial charge in [-0.15, -0.1) is 0 Å². The molecule has 0 saturated carbocycles. The number of allylic oxidation sites excluding steroid dienone is 1. The zero-order chi connectivity index (χ0) is 24.5. The van der Waals surface area contributed by atoms with Crippen LogP contribution in [0.2, 0.25) is 0 Å². The van der Waals surface area contributed by atoms with Crippen LogP contribution in [0.15, 0.2) is 60.7 Å². The maximum Gasteiger partial charge on any atom is 0.168 e. The summed E-state index contributed by atoms with van der Waals surface area (Å²) in [6.45, 7) is 8.02. The zero-order valence-corrected chi connectivity index (χ0v) is 20.0. The second-order valence-corrected chi connectivity index (χ2v) is 9.34. The third-order valence-electron chi connectivity index (χ3n) is 6.99. The lowest BCUT2D eigenvalue weighted by Crippen LogP contribution is -2.47. The van der Waals surface area contributed by atoms with Gasteiger partial charge in [-0.05, 0) is 59.9 Å². The summed E-state index contributed by atoms with van der Waals surface area (Å²) in [6, 6.07) is 17.3. The van der Waals surface area contributed by atoms with Gasteiger partial charge in [-0.3, -0.25) is 4.90 Å². The molecule has 0 spiro atoms. The number of benzene rings is 3. The number of halogens is 1. The fourth-order valence-corrected chi connectivity index (χ4v) is 4.89. The Bertz CT molecular complexity index is 1250. The van der Waals surface area contributed by atoms with Crippen LogP contribution in [0.3, 0.4) is 0 Å². The summed E-state index contributed by atoms with van der Waals surface area (Å²) in [7, 11) is 0. The van der Waals surface area contributed by atoms with Crippen LogP contribution >= 0.6 is 0 Å². The van der Waals surface area contributed by atoms with Crippen molar-refractivity contribution >= 4 is 11.1 Å². The fourth-order valence-electron chi connectivity index (χ4n) is 4.89. The fraction of sp³-hybridized carbons (Fsp3) is 0.310. The quantitative estimate of drug-likeness (QED) is 0.437. The third kappa shape index (κ3) is 4.71. The number of hydrogen-bond acceptors (Lipinski definition) is 5. The molecule has 2 aliphatic rings. The van der Waals surface area contributed by atoms with Crippen molar-refractivity contribution in [3.05, 3.63) is 83.2 Å². The highest BCUT2D eigenvalue weighted by Gasteiger charge is 2.30. The van der Waals surface area contributed by atoms with E-state index in [1.54, 1.807) is 18.2 Å². The van der Waals surface area contributed by atoms with Crippen LogP contribution in [0.5, 0.6) is 23.0 Å². The van der Waals surface area contributed by atoms with E-state index < -0.39 is 17.7 Å². The van der Waals surface area contributed by atoms with E-state index in [2.05, 4.69) is 11.8 Å². The van der Waals surface area contributed by atoms with Crippen LogP contribution in [-0.4, -0.2) is 41.4 Å². The molecule has 5 nitrogen and oxygen atoms in total. The molecule has 0 unspecified atom stereocenters. The molecule has 0 aromatic heterocycles. The van der Waals surface area contributed by atoms with Gasteiger partial charge in [-0.25, -0.2) is 4.39 Å². The largest absolute Gasteiger partial charge is 0.508 e. The van der Waals surface area contributed by atoms with E-state index in [1.807, 2.05) is 37.3 Å². The predicted octanol–water partition coefficient (Wildman–Crippen LogP) is 6.02. The number of ether oxygens (including phenoxy) is 2. The van der Waals surface area contributed by atoms with E-state index in [0.717, 1.165) is 53.6 Å². The molecule has 2 N–H and O–H groups in total. The number of nitrogens with zero attached hydrogens (tertiary/aromatic N) is 1. The first kappa shape index (κ1) is 23.2. The lowest BCUT2D eigenvalue weighted by molar-refractivity contribution is 0.0806. The Morgan fingerprint density at radius 2 is 1.83 bits per heavy atom. The van der Waals surface area contributed by atoms with Crippen LogP contribution in [0.25, 0.3) is 11.1 Å². The van der Waals surface area contributed by atoms with Crippen LogP contribution in [0.4, 0.5) is 4.39 Å². The predicted molar refractivity (Wildman–Crippen MR) is 134 cm³/mol. The van der Waals surface area contributed by atoms with Crippen molar-refractivity contribution < 1.29 is 24.1 Å². The van der Waals surface area contributed by atoms with Crippen molar-refractivity contribution in [2.75, 3.05) is 26.2 Å². The van der Waals surface area contributed by atoms with Crippen LogP contribution in [-0.2, 0) is 0 Å². The molecule has 1 fully saturated rings. The lowest BCUT2D eigenvalue weighted by Gasteiger charge is -2.38. The summed E-state index contributed by atoms with van der Waals surface area (Å²) >= 11 is 0. The number of phenols is 2. The number of rotatable bonds is 7. The van der Waals surface area contributed by atoms with E-state index in [4.69, 9.17) is 9.47 Å². The van der Waals surface area contributed by atoms with E-state index in [9.17, 15) is 14.6 Å². The summed E-state index contributed by atoms with van der Waals surface area (Å²) in [4.78, 5) is 2.40. The summed E-state index contributed by atoms with van der Waals surface area (Å²) < 4.78 is 26.4. The first-order valence-electron chi connectivity index (χ1n) is 12.1. The highest BCUT2D eigenvalue weighted by molar-refractivity contribution is 5.95. The standard InChI is InChI=1S/C29H30FNO4/c1-3-19-16-31(17-19)11-12-34-23-9-7-20(8-10-23)29-28(21-5-4-6-22(32)13-21)18(2)24-14-26(33)25(30)15-27(24)35-29/h4-10,13-15,19,29,32-33H,3,11-12,16-17H2,1-2H3/t29-/m0/s1. The molecule has 2 aliphatic heterocycles. The van der Waals surface area contributed by atoms with Crippen molar-refractivity contribution in [1.29, 1.82) is 0 Å². The Morgan fingerprint density at radius 3 is 2.54 bits per heavy atom. The zero-order valence-electron chi connectivity index (χ0n) is 20.0. The van der Waals surface area contributed by atoms with Crippen molar-refractivity contribution in [3.63, 3.8) is 0 Å². The van der Waals surface area contributed by atoms with Crippen molar-refractivity contribution in [2.45, 2.75) is 26.4 Å². The van der Waals surface area contributed by atoms with Gasteiger partial charge in [0.15, 0.2) is 11.6 Å². The number of aromatic hydroxyl groups is 2. The molecular weight excluding hydrogens is 445 g/mol. The molecule has 0 bridgehead atoms. The summed E-state index contributed by atoms with van der Waals surface area (Å²) in [5.41, 5.74) is 3.98. The average molecular weight is 476 g/mol. The van der Waals surface area contributed by atoms with Gasteiger partial charge in [0, 0.05) is 36.8 Å². The number of fused-ring (bicyclic) bond motifs is 1. The van der Waals surface area contributed by atoms with Gasteiger partial charge in [-0.1, -0.05) is 37.6 Å².